The maximum Gasteiger partial charge on any atom is 0.248 e. The molecule has 1 unspecified atom stereocenters. The number of amides is 1. The van der Waals surface area contributed by atoms with Gasteiger partial charge in [-0.2, -0.15) is 0 Å². The van der Waals surface area contributed by atoms with Gasteiger partial charge in [0.05, 0.1) is 0 Å². The van der Waals surface area contributed by atoms with Gasteiger partial charge in [-0.3, -0.25) is 4.79 Å². The van der Waals surface area contributed by atoms with Gasteiger partial charge in [-0.25, -0.2) is 10.0 Å². The average molecular weight is 278 g/mol. The van der Waals surface area contributed by atoms with Crippen LogP contribution in [0.25, 0.3) is 0 Å². The molecule has 0 aliphatic rings. The molecule has 112 valence electrons. The highest BCUT2D eigenvalue weighted by molar-refractivity contribution is 5.93. The highest BCUT2D eigenvalue weighted by Gasteiger charge is 2.20. The standard InChI is InChI=1S/C15H26N4O/c1-5-9-18(4)19(6-2)11(3)13-8-7-12(15(17)20)10-14(13)16/h7-8,10-11H,5-6,9,16H2,1-4H3,(H2,17,20). The number of benzene rings is 1. The molecule has 0 heterocycles. The molecule has 1 aromatic carbocycles. The van der Waals surface area contributed by atoms with Crippen LogP contribution in [-0.2, 0) is 0 Å². The fourth-order valence-electron chi connectivity index (χ4n) is 2.53. The van der Waals surface area contributed by atoms with E-state index in [1.807, 2.05) is 6.07 Å². The number of rotatable bonds is 7. The largest absolute Gasteiger partial charge is 0.398 e. The highest BCUT2D eigenvalue weighted by atomic mass is 16.1. The SMILES string of the molecule is CCCN(C)N(CC)C(C)c1ccc(C(N)=O)cc1N. The van der Waals surface area contributed by atoms with Crippen molar-refractivity contribution in [2.45, 2.75) is 33.2 Å². The van der Waals surface area contributed by atoms with E-state index in [4.69, 9.17) is 11.5 Å². The molecule has 5 nitrogen and oxygen atoms in total. The first-order chi connectivity index (χ1) is 9.42. The van der Waals surface area contributed by atoms with Gasteiger partial charge in [-0.15, -0.1) is 0 Å². The first kappa shape index (κ1) is 16.5. The number of hydrogen-bond acceptors (Lipinski definition) is 4. The van der Waals surface area contributed by atoms with E-state index in [0.717, 1.165) is 25.1 Å². The van der Waals surface area contributed by atoms with Gasteiger partial charge in [-0.1, -0.05) is 19.9 Å². The fourth-order valence-corrected chi connectivity index (χ4v) is 2.53. The molecule has 20 heavy (non-hydrogen) atoms. The lowest BCUT2D eigenvalue weighted by Crippen LogP contribution is -2.42. The Morgan fingerprint density at radius 2 is 2.00 bits per heavy atom. The number of hydrazine groups is 1. The number of nitrogens with zero attached hydrogens (tertiary/aromatic N) is 2. The molecule has 0 aliphatic carbocycles. The van der Waals surface area contributed by atoms with Crippen LogP contribution in [0.4, 0.5) is 5.69 Å². The Kier molecular flexibility index (Phi) is 5.98. The molecular weight excluding hydrogens is 252 g/mol. The van der Waals surface area contributed by atoms with Gasteiger partial charge in [0.15, 0.2) is 0 Å². The van der Waals surface area contributed by atoms with Gasteiger partial charge in [0, 0.05) is 37.4 Å². The molecule has 0 fully saturated rings. The normalized spacial score (nSPS) is 12.9. The summed E-state index contributed by atoms with van der Waals surface area (Å²) < 4.78 is 0. The minimum atomic E-state index is -0.452. The lowest BCUT2D eigenvalue weighted by molar-refractivity contribution is -0.0304. The van der Waals surface area contributed by atoms with E-state index in [1.54, 1.807) is 12.1 Å². The van der Waals surface area contributed by atoms with Gasteiger partial charge in [0.2, 0.25) is 5.91 Å². The Labute approximate surface area is 121 Å². The van der Waals surface area contributed by atoms with E-state index in [-0.39, 0.29) is 6.04 Å². The van der Waals surface area contributed by atoms with Crippen molar-refractivity contribution in [1.82, 2.24) is 10.0 Å². The predicted octanol–water partition coefficient (Wildman–Crippen LogP) is 2.01. The second kappa shape index (κ2) is 7.26. The molecule has 4 N–H and O–H groups in total. The quantitative estimate of drug-likeness (QED) is 0.591. The zero-order chi connectivity index (χ0) is 15.3. The third-order valence-electron chi connectivity index (χ3n) is 3.58. The molecule has 5 heteroatoms. The molecule has 1 aromatic rings. The molecule has 0 bridgehead atoms. The predicted molar refractivity (Wildman–Crippen MR) is 83.1 cm³/mol. The smallest absolute Gasteiger partial charge is 0.248 e. The average Bonchev–Trinajstić information content (AvgIpc) is 2.39. The summed E-state index contributed by atoms with van der Waals surface area (Å²) in [4.78, 5) is 11.2. The Morgan fingerprint density at radius 1 is 1.35 bits per heavy atom. The summed E-state index contributed by atoms with van der Waals surface area (Å²) in [5, 5.41) is 4.48. The summed E-state index contributed by atoms with van der Waals surface area (Å²) in [5.74, 6) is -0.452. The number of primary amides is 1. The highest BCUT2D eigenvalue weighted by Crippen LogP contribution is 2.27. The third kappa shape index (κ3) is 3.71. The van der Waals surface area contributed by atoms with Crippen LogP contribution in [0.1, 0.15) is 49.2 Å². The fraction of sp³-hybridized carbons (Fsp3) is 0.533. The van der Waals surface area contributed by atoms with Gasteiger partial charge in [0.1, 0.15) is 0 Å². The Hall–Kier alpha value is -1.59. The maximum atomic E-state index is 11.2. The van der Waals surface area contributed by atoms with Crippen LogP contribution < -0.4 is 11.5 Å². The minimum absolute atomic E-state index is 0.151. The van der Waals surface area contributed by atoms with E-state index in [0.29, 0.717) is 11.3 Å². The summed E-state index contributed by atoms with van der Waals surface area (Å²) in [7, 11) is 2.08. The van der Waals surface area contributed by atoms with Crippen LogP contribution in [0.3, 0.4) is 0 Å². The Morgan fingerprint density at radius 3 is 2.45 bits per heavy atom. The number of nitrogen functional groups attached to an aromatic ring is 1. The number of carbonyl (C=O) groups is 1. The summed E-state index contributed by atoms with van der Waals surface area (Å²) in [6, 6.07) is 5.43. The first-order valence-corrected chi connectivity index (χ1v) is 7.09. The summed E-state index contributed by atoms with van der Waals surface area (Å²) in [6.45, 7) is 8.29. The monoisotopic (exact) mass is 278 g/mol. The second-order valence-corrected chi connectivity index (χ2v) is 5.02. The van der Waals surface area contributed by atoms with Gasteiger partial charge >= 0.3 is 0 Å². The van der Waals surface area contributed by atoms with Crippen molar-refractivity contribution in [2.75, 3.05) is 25.9 Å². The van der Waals surface area contributed by atoms with Crippen molar-refractivity contribution in [3.63, 3.8) is 0 Å². The summed E-state index contributed by atoms with van der Waals surface area (Å²) in [5.41, 5.74) is 13.4. The van der Waals surface area contributed by atoms with Crippen LogP contribution in [-0.4, -0.2) is 36.1 Å². The molecule has 1 atom stereocenters. The Balaban J connectivity index is 3.00. The lowest BCUT2D eigenvalue weighted by atomic mass is 10.0. The van der Waals surface area contributed by atoms with Crippen LogP contribution in [0.5, 0.6) is 0 Å². The summed E-state index contributed by atoms with van der Waals surface area (Å²) >= 11 is 0. The maximum absolute atomic E-state index is 11.2. The number of carbonyl (C=O) groups excluding carboxylic acids is 1. The van der Waals surface area contributed by atoms with E-state index in [1.165, 1.54) is 0 Å². The number of hydrogen-bond donors (Lipinski definition) is 2. The van der Waals surface area contributed by atoms with Crippen molar-refractivity contribution in [2.24, 2.45) is 5.73 Å². The van der Waals surface area contributed by atoms with Crippen LogP contribution >= 0.6 is 0 Å². The molecular formula is C15H26N4O. The molecule has 0 saturated carbocycles. The van der Waals surface area contributed by atoms with Gasteiger partial charge in [-0.05, 0) is 31.0 Å². The van der Waals surface area contributed by atoms with E-state index in [9.17, 15) is 4.79 Å². The molecule has 1 amide bonds. The van der Waals surface area contributed by atoms with Crippen LogP contribution in [0, 0.1) is 0 Å². The number of nitrogens with two attached hydrogens (primary N) is 2. The van der Waals surface area contributed by atoms with Crippen LogP contribution in [0.2, 0.25) is 0 Å². The van der Waals surface area contributed by atoms with E-state index in [2.05, 4.69) is 37.8 Å². The molecule has 0 aliphatic heterocycles. The second-order valence-electron chi connectivity index (χ2n) is 5.02. The molecule has 0 aromatic heterocycles. The summed E-state index contributed by atoms with van der Waals surface area (Å²) in [6.07, 6.45) is 1.09. The van der Waals surface area contributed by atoms with Crippen molar-refractivity contribution < 1.29 is 4.79 Å². The van der Waals surface area contributed by atoms with Gasteiger partial charge in [0.25, 0.3) is 0 Å². The van der Waals surface area contributed by atoms with E-state index < -0.39 is 5.91 Å². The first-order valence-electron chi connectivity index (χ1n) is 7.09. The third-order valence-corrected chi connectivity index (χ3v) is 3.58. The van der Waals surface area contributed by atoms with Crippen molar-refractivity contribution >= 4 is 11.6 Å². The van der Waals surface area contributed by atoms with Crippen molar-refractivity contribution in [1.29, 1.82) is 0 Å². The molecule has 0 saturated heterocycles. The van der Waals surface area contributed by atoms with Gasteiger partial charge < -0.3 is 11.5 Å². The zero-order valence-electron chi connectivity index (χ0n) is 12.9. The van der Waals surface area contributed by atoms with Crippen molar-refractivity contribution in [3.05, 3.63) is 29.3 Å². The molecule has 0 spiro atoms. The molecule has 1 rings (SSSR count). The van der Waals surface area contributed by atoms with E-state index >= 15 is 0 Å². The van der Waals surface area contributed by atoms with Crippen LogP contribution in [0.15, 0.2) is 18.2 Å². The lowest BCUT2D eigenvalue weighted by Gasteiger charge is -2.36. The minimum Gasteiger partial charge on any atom is -0.398 e. The Bertz CT molecular complexity index is 461. The number of anilines is 1. The topological polar surface area (TPSA) is 75.6 Å². The van der Waals surface area contributed by atoms with Crippen molar-refractivity contribution in [3.8, 4) is 0 Å². The molecule has 0 radical (unpaired) electrons. The zero-order valence-corrected chi connectivity index (χ0v) is 12.9.